The van der Waals surface area contributed by atoms with Gasteiger partial charge in [0.1, 0.15) is 29.0 Å². The van der Waals surface area contributed by atoms with Gasteiger partial charge in [-0.15, -0.1) is 15.0 Å². The summed E-state index contributed by atoms with van der Waals surface area (Å²) >= 11 is 0. The van der Waals surface area contributed by atoms with Crippen molar-refractivity contribution in [3.8, 4) is 11.4 Å². The minimum Gasteiger partial charge on any atom is -0.506 e. The van der Waals surface area contributed by atoms with Crippen LogP contribution in [0, 0.1) is 0 Å². The van der Waals surface area contributed by atoms with Crippen LogP contribution in [0.1, 0.15) is 5.56 Å². The second-order valence-electron chi connectivity index (χ2n) is 7.53. The molecule has 9 heteroatoms. The normalized spacial score (nSPS) is 13.6. The molecule has 0 spiro atoms. The average molecular weight is 415 g/mol. The number of nitrogens with zero attached hydrogens (tertiary/aromatic N) is 4. The largest absolute Gasteiger partial charge is 0.506 e. The third-order valence-corrected chi connectivity index (χ3v) is 5.11. The molecule has 0 bridgehead atoms. The number of carbonyl (C=O) groups is 1. The van der Waals surface area contributed by atoms with Gasteiger partial charge < -0.3 is 24.2 Å². The van der Waals surface area contributed by atoms with Crippen molar-refractivity contribution in [2.24, 2.45) is 0 Å². The summed E-state index contributed by atoms with van der Waals surface area (Å²) in [6, 6.07) is 12.7. The Hall–Kier alpha value is -3.01. The molecule has 0 aliphatic heterocycles. The molecular weight excluding hydrogens is 388 g/mol. The summed E-state index contributed by atoms with van der Waals surface area (Å²) < 4.78 is 10.8. The molecule has 1 heterocycles. The van der Waals surface area contributed by atoms with Gasteiger partial charge in [-0.25, -0.2) is 4.79 Å². The van der Waals surface area contributed by atoms with E-state index in [9.17, 15) is 15.0 Å². The van der Waals surface area contributed by atoms with E-state index in [2.05, 4.69) is 10.2 Å². The molecule has 3 aromatic rings. The number of aromatic hydroxyl groups is 1. The summed E-state index contributed by atoms with van der Waals surface area (Å²) in [7, 11) is 4.93. The number of fused-ring (bicyclic) bond motifs is 1. The Morgan fingerprint density at radius 1 is 1.13 bits per heavy atom. The SMILES string of the molecule is COC(C[N+](C)(CCc1ccc(O)c(-n2nc3ccccc3n2)c1)CC(=O)O)OC. The van der Waals surface area contributed by atoms with Gasteiger partial charge in [-0.1, -0.05) is 18.2 Å². The van der Waals surface area contributed by atoms with Crippen molar-refractivity contribution in [1.82, 2.24) is 15.0 Å². The van der Waals surface area contributed by atoms with E-state index in [0.717, 1.165) is 16.6 Å². The van der Waals surface area contributed by atoms with Crippen LogP contribution in [-0.4, -0.2) is 82.9 Å². The van der Waals surface area contributed by atoms with Crippen molar-refractivity contribution < 1.29 is 29.0 Å². The molecule has 2 N–H and O–H groups in total. The van der Waals surface area contributed by atoms with Crippen molar-refractivity contribution in [1.29, 1.82) is 0 Å². The Balaban J connectivity index is 1.81. The molecule has 0 saturated carbocycles. The highest BCUT2D eigenvalue weighted by molar-refractivity contribution is 5.73. The molecule has 160 valence electrons. The molecule has 3 rings (SSSR count). The molecule has 2 aromatic carbocycles. The second-order valence-corrected chi connectivity index (χ2v) is 7.53. The number of aromatic nitrogens is 3. The number of quaternary nitrogens is 1. The van der Waals surface area contributed by atoms with Crippen LogP contribution in [-0.2, 0) is 20.7 Å². The molecule has 0 radical (unpaired) electrons. The lowest BCUT2D eigenvalue weighted by molar-refractivity contribution is -0.908. The maximum absolute atomic E-state index is 11.4. The number of carboxylic acids is 1. The summed E-state index contributed by atoms with van der Waals surface area (Å²) in [5.41, 5.74) is 2.88. The summed E-state index contributed by atoms with van der Waals surface area (Å²) in [4.78, 5) is 12.8. The molecule has 30 heavy (non-hydrogen) atoms. The quantitative estimate of drug-likeness (QED) is 0.384. The van der Waals surface area contributed by atoms with E-state index < -0.39 is 12.3 Å². The molecule has 0 aliphatic carbocycles. The van der Waals surface area contributed by atoms with E-state index in [1.165, 1.54) is 19.0 Å². The number of rotatable bonds is 10. The summed E-state index contributed by atoms with van der Waals surface area (Å²) in [5.74, 6) is -0.817. The highest BCUT2D eigenvalue weighted by atomic mass is 16.7. The zero-order chi connectivity index (χ0) is 21.7. The van der Waals surface area contributed by atoms with E-state index in [-0.39, 0.29) is 16.8 Å². The fourth-order valence-corrected chi connectivity index (χ4v) is 3.42. The van der Waals surface area contributed by atoms with Crippen LogP contribution in [0.5, 0.6) is 5.75 Å². The zero-order valence-corrected chi connectivity index (χ0v) is 17.4. The maximum atomic E-state index is 11.4. The number of benzene rings is 2. The lowest BCUT2D eigenvalue weighted by Crippen LogP contribution is -2.53. The number of carboxylic acid groups (broad SMARTS) is 1. The monoisotopic (exact) mass is 415 g/mol. The molecule has 9 nitrogen and oxygen atoms in total. The number of hydrogen-bond acceptors (Lipinski definition) is 6. The number of phenols is 1. The molecule has 1 atom stereocenters. The van der Waals surface area contributed by atoms with Gasteiger partial charge in [0.15, 0.2) is 6.54 Å². The van der Waals surface area contributed by atoms with Crippen LogP contribution in [0.4, 0.5) is 0 Å². The molecule has 1 unspecified atom stereocenters. The summed E-state index contributed by atoms with van der Waals surface area (Å²) in [6.07, 6.45) is 0.100. The molecule has 1 aromatic heterocycles. The van der Waals surface area contributed by atoms with Gasteiger partial charge in [-0.05, 0) is 29.8 Å². The van der Waals surface area contributed by atoms with Gasteiger partial charge in [0.25, 0.3) is 0 Å². The van der Waals surface area contributed by atoms with Crippen LogP contribution in [0.3, 0.4) is 0 Å². The van der Waals surface area contributed by atoms with Crippen LogP contribution in [0.2, 0.25) is 0 Å². The van der Waals surface area contributed by atoms with Gasteiger partial charge in [-0.2, -0.15) is 0 Å². The van der Waals surface area contributed by atoms with Crippen LogP contribution in [0.25, 0.3) is 16.7 Å². The van der Waals surface area contributed by atoms with Crippen molar-refractivity contribution in [3.05, 3.63) is 48.0 Å². The Morgan fingerprint density at radius 2 is 1.77 bits per heavy atom. The van der Waals surface area contributed by atoms with Crippen molar-refractivity contribution in [2.45, 2.75) is 12.7 Å². The third-order valence-electron chi connectivity index (χ3n) is 5.11. The van der Waals surface area contributed by atoms with Crippen LogP contribution in [0.15, 0.2) is 42.5 Å². The predicted molar refractivity (Wildman–Crippen MR) is 110 cm³/mol. The Morgan fingerprint density at radius 3 is 2.33 bits per heavy atom. The maximum Gasteiger partial charge on any atom is 0.359 e. The first kappa shape index (κ1) is 21.7. The van der Waals surface area contributed by atoms with E-state index in [0.29, 0.717) is 25.2 Å². The van der Waals surface area contributed by atoms with Crippen molar-refractivity contribution in [2.75, 3.05) is 40.9 Å². The second kappa shape index (κ2) is 9.21. The number of hydrogen-bond donors (Lipinski definition) is 2. The smallest absolute Gasteiger partial charge is 0.359 e. The fraction of sp³-hybridized carbons (Fsp3) is 0.381. The Kier molecular flexibility index (Phi) is 6.66. The molecule has 0 saturated heterocycles. The minimum absolute atomic E-state index is 0.0553. The lowest BCUT2D eigenvalue weighted by Gasteiger charge is -2.35. The van der Waals surface area contributed by atoms with Crippen LogP contribution < -0.4 is 0 Å². The van der Waals surface area contributed by atoms with E-state index >= 15 is 0 Å². The molecule has 0 fully saturated rings. The van der Waals surface area contributed by atoms with Crippen molar-refractivity contribution >= 4 is 17.0 Å². The Bertz CT molecular complexity index is 985. The van der Waals surface area contributed by atoms with E-state index in [4.69, 9.17) is 9.47 Å². The molecular formula is C21H27N4O5+. The summed E-state index contributed by atoms with van der Waals surface area (Å²) in [5, 5.41) is 28.5. The topological polar surface area (TPSA) is 107 Å². The van der Waals surface area contributed by atoms with Crippen molar-refractivity contribution in [3.63, 3.8) is 0 Å². The third kappa shape index (κ3) is 5.12. The van der Waals surface area contributed by atoms with Gasteiger partial charge in [-0.3, -0.25) is 0 Å². The van der Waals surface area contributed by atoms with Crippen LogP contribution >= 0.6 is 0 Å². The highest BCUT2D eigenvalue weighted by Gasteiger charge is 2.29. The standard InChI is InChI=1S/C21H26N4O5/c1-25(13-20(27)28,14-21(29-2)30-3)11-10-15-8-9-19(26)18(12-15)24-22-16-6-4-5-7-17(16)23-24/h4-9,12,21H,10-11,13-14H2,1-3H3,(H-,26,27,28)/p+1. The number of ether oxygens (including phenoxy) is 2. The Labute approximate surface area is 174 Å². The minimum atomic E-state index is -0.887. The lowest BCUT2D eigenvalue weighted by atomic mass is 10.1. The highest BCUT2D eigenvalue weighted by Crippen LogP contribution is 2.24. The van der Waals surface area contributed by atoms with Gasteiger partial charge in [0, 0.05) is 20.6 Å². The number of methoxy groups -OCH3 is 2. The van der Waals surface area contributed by atoms with Gasteiger partial charge in [0.05, 0.1) is 13.6 Å². The van der Waals surface area contributed by atoms with E-state index in [1.54, 1.807) is 6.07 Å². The first-order valence-electron chi connectivity index (χ1n) is 9.59. The van der Waals surface area contributed by atoms with E-state index in [1.807, 2.05) is 43.4 Å². The average Bonchev–Trinajstić information content (AvgIpc) is 3.15. The predicted octanol–water partition coefficient (Wildman–Crippen LogP) is 1.82. The van der Waals surface area contributed by atoms with Gasteiger partial charge in [0.2, 0.25) is 6.29 Å². The van der Waals surface area contributed by atoms with Gasteiger partial charge >= 0.3 is 5.97 Å². The molecule has 0 aliphatic rings. The molecule has 0 amide bonds. The number of phenolic OH excluding ortho intramolecular Hbond substituents is 1. The number of aliphatic carboxylic acids is 1. The first-order chi connectivity index (χ1) is 14.3. The number of likely N-dealkylation sites (N-methyl/N-ethyl adjacent to an activating group) is 1. The fourth-order valence-electron chi connectivity index (χ4n) is 3.42. The first-order valence-corrected chi connectivity index (χ1v) is 9.59. The summed E-state index contributed by atoms with van der Waals surface area (Å²) in [6.45, 7) is 0.894. The zero-order valence-electron chi connectivity index (χ0n) is 17.4.